The maximum atomic E-state index is 5.30. The van der Waals surface area contributed by atoms with E-state index in [9.17, 15) is 0 Å². The summed E-state index contributed by atoms with van der Waals surface area (Å²) in [6.45, 7) is 4.21. The van der Waals surface area contributed by atoms with E-state index in [0.29, 0.717) is 0 Å². The molecule has 3 nitrogen and oxygen atoms in total. The van der Waals surface area contributed by atoms with E-state index in [1.54, 1.807) is 0 Å². The third-order valence-corrected chi connectivity index (χ3v) is 2.82. The number of nitrogens with one attached hydrogen (secondary N) is 1. The molecule has 0 radical (unpaired) electrons. The average Bonchev–Trinajstić information content (AvgIpc) is 2.07. The zero-order valence-electron chi connectivity index (χ0n) is 7.89. The molecule has 0 saturated heterocycles. The van der Waals surface area contributed by atoms with Crippen LogP contribution in [-0.4, -0.2) is 33.4 Å². The molecule has 0 amide bonds. The van der Waals surface area contributed by atoms with Crippen LogP contribution < -0.4 is 5.32 Å². The van der Waals surface area contributed by atoms with Gasteiger partial charge in [0.15, 0.2) is 0 Å². The molecule has 0 fully saturated rings. The lowest BCUT2D eigenvalue weighted by Gasteiger charge is -2.22. The van der Waals surface area contributed by atoms with E-state index in [2.05, 4.69) is 19.2 Å². The van der Waals surface area contributed by atoms with Crippen LogP contribution >= 0.6 is 0 Å². The highest BCUT2D eigenvalue weighted by molar-refractivity contribution is 5.98. The SMILES string of the molecule is CCC(NC(CC)O[SiH3])O[SiH3]. The van der Waals surface area contributed by atoms with Crippen LogP contribution in [0.5, 0.6) is 0 Å². The lowest BCUT2D eigenvalue weighted by Crippen LogP contribution is -2.40. The minimum Gasteiger partial charge on any atom is -0.413 e. The first kappa shape index (κ1) is 11.3. The van der Waals surface area contributed by atoms with Gasteiger partial charge in [-0.15, -0.1) is 0 Å². The van der Waals surface area contributed by atoms with Crippen molar-refractivity contribution in [3.8, 4) is 0 Å². The molecule has 0 bridgehead atoms. The Morgan fingerprint density at radius 1 is 1.09 bits per heavy atom. The van der Waals surface area contributed by atoms with Gasteiger partial charge in [-0.1, -0.05) is 13.8 Å². The van der Waals surface area contributed by atoms with Crippen molar-refractivity contribution in [2.45, 2.75) is 39.1 Å². The summed E-state index contributed by atoms with van der Waals surface area (Å²) in [6.07, 6.45) is 2.40. The van der Waals surface area contributed by atoms with Crippen molar-refractivity contribution in [3.05, 3.63) is 0 Å². The molecule has 0 aliphatic rings. The van der Waals surface area contributed by atoms with Crippen LogP contribution in [0, 0.1) is 0 Å². The fourth-order valence-corrected chi connectivity index (χ4v) is 1.85. The second-order valence-electron chi connectivity index (χ2n) is 2.43. The van der Waals surface area contributed by atoms with Gasteiger partial charge in [0.1, 0.15) is 21.0 Å². The summed E-state index contributed by atoms with van der Waals surface area (Å²) in [7, 11) is 1.57. The van der Waals surface area contributed by atoms with Gasteiger partial charge in [0.2, 0.25) is 0 Å². The van der Waals surface area contributed by atoms with Crippen molar-refractivity contribution < 1.29 is 8.85 Å². The molecule has 0 aliphatic heterocycles. The zero-order chi connectivity index (χ0) is 8.69. The Labute approximate surface area is 74.9 Å². The minimum atomic E-state index is 0.195. The van der Waals surface area contributed by atoms with E-state index < -0.39 is 0 Å². The molecule has 5 heteroatoms. The van der Waals surface area contributed by atoms with Crippen LogP contribution in [0.2, 0.25) is 0 Å². The predicted octanol–water partition coefficient (Wildman–Crippen LogP) is -1.36. The lowest BCUT2D eigenvalue weighted by molar-refractivity contribution is 0.0786. The van der Waals surface area contributed by atoms with Gasteiger partial charge < -0.3 is 8.85 Å². The third kappa shape index (κ3) is 4.70. The predicted molar refractivity (Wildman–Crippen MR) is 53.3 cm³/mol. The van der Waals surface area contributed by atoms with Crippen molar-refractivity contribution in [2.75, 3.05) is 0 Å². The first-order chi connectivity index (χ1) is 5.28. The number of hydrogen-bond donors (Lipinski definition) is 1. The number of hydrogen-bond acceptors (Lipinski definition) is 3. The second kappa shape index (κ2) is 6.99. The van der Waals surface area contributed by atoms with E-state index >= 15 is 0 Å². The first-order valence-electron chi connectivity index (χ1n) is 4.10. The van der Waals surface area contributed by atoms with E-state index in [1.165, 1.54) is 0 Å². The molecule has 0 aromatic carbocycles. The van der Waals surface area contributed by atoms with E-state index in [1.807, 2.05) is 0 Å². The summed E-state index contributed by atoms with van der Waals surface area (Å²) in [5.74, 6) is 0. The molecule has 0 heterocycles. The average molecular weight is 193 g/mol. The van der Waals surface area contributed by atoms with Gasteiger partial charge in [-0.3, -0.25) is 5.32 Å². The van der Waals surface area contributed by atoms with Crippen LogP contribution in [0.4, 0.5) is 0 Å². The summed E-state index contributed by atoms with van der Waals surface area (Å²) < 4.78 is 10.6. The fraction of sp³-hybridized carbons (Fsp3) is 1.00. The molecule has 0 spiro atoms. The Morgan fingerprint density at radius 3 is 1.64 bits per heavy atom. The fourth-order valence-electron chi connectivity index (χ4n) is 0.912. The largest absolute Gasteiger partial charge is 0.413 e. The molecule has 0 rings (SSSR count). The molecule has 11 heavy (non-hydrogen) atoms. The van der Waals surface area contributed by atoms with Gasteiger partial charge in [-0.2, -0.15) is 0 Å². The van der Waals surface area contributed by atoms with Crippen molar-refractivity contribution in [2.24, 2.45) is 0 Å². The van der Waals surface area contributed by atoms with Gasteiger partial charge in [-0.05, 0) is 12.8 Å². The normalized spacial score (nSPS) is 16.9. The van der Waals surface area contributed by atoms with Crippen LogP contribution in [0.1, 0.15) is 26.7 Å². The van der Waals surface area contributed by atoms with Crippen LogP contribution in [-0.2, 0) is 8.85 Å². The van der Waals surface area contributed by atoms with Crippen molar-refractivity contribution in [3.63, 3.8) is 0 Å². The standard InChI is InChI=1S/C6H19NO2Si2/c1-3-5(8-10)7-6(4-2)9-11/h5-7H,3-4H2,1-2,10-11H3. The van der Waals surface area contributed by atoms with Crippen molar-refractivity contribution in [1.29, 1.82) is 0 Å². The Kier molecular flexibility index (Phi) is 7.19. The Morgan fingerprint density at radius 2 is 1.45 bits per heavy atom. The van der Waals surface area contributed by atoms with Gasteiger partial charge in [0, 0.05) is 0 Å². The monoisotopic (exact) mass is 193 g/mol. The molecule has 0 aromatic heterocycles. The highest BCUT2D eigenvalue weighted by Gasteiger charge is 2.08. The summed E-state index contributed by atoms with van der Waals surface area (Å²) in [5, 5.41) is 3.28. The van der Waals surface area contributed by atoms with Crippen LogP contribution in [0.15, 0.2) is 0 Å². The van der Waals surface area contributed by atoms with Crippen LogP contribution in [0.3, 0.4) is 0 Å². The van der Waals surface area contributed by atoms with Crippen LogP contribution in [0.25, 0.3) is 0 Å². The maximum Gasteiger partial charge on any atom is 0.148 e. The Balaban J connectivity index is 3.58. The number of rotatable bonds is 6. The molecule has 0 saturated carbocycles. The van der Waals surface area contributed by atoms with E-state index in [0.717, 1.165) is 33.8 Å². The molecule has 2 atom stereocenters. The summed E-state index contributed by atoms with van der Waals surface area (Å²) in [6, 6.07) is 0. The van der Waals surface area contributed by atoms with Gasteiger partial charge >= 0.3 is 0 Å². The molecule has 2 unspecified atom stereocenters. The van der Waals surface area contributed by atoms with E-state index in [-0.39, 0.29) is 12.5 Å². The molecular formula is C6H19NO2Si2. The van der Waals surface area contributed by atoms with Gasteiger partial charge in [-0.25, -0.2) is 0 Å². The highest BCUT2D eigenvalue weighted by Crippen LogP contribution is 1.97. The van der Waals surface area contributed by atoms with Gasteiger partial charge in [0.05, 0.1) is 12.5 Å². The molecule has 0 aromatic rings. The van der Waals surface area contributed by atoms with Crippen molar-refractivity contribution >= 4 is 21.0 Å². The zero-order valence-corrected chi connectivity index (χ0v) is 11.9. The summed E-state index contributed by atoms with van der Waals surface area (Å²) in [4.78, 5) is 0. The molecular weight excluding hydrogens is 174 g/mol. The van der Waals surface area contributed by atoms with Gasteiger partial charge in [0.25, 0.3) is 0 Å². The minimum absolute atomic E-state index is 0.195. The molecule has 1 N–H and O–H groups in total. The topological polar surface area (TPSA) is 30.5 Å². The smallest absolute Gasteiger partial charge is 0.148 e. The molecule has 68 valence electrons. The summed E-state index contributed by atoms with van der Waals surface area (Å²) >= 11 is 0. The summed E-state index contributed by atoms with van der Waals surface area (Å²) in [5.41, 5.74) is 0. The Bertz CT molecular complexity index is 76.7. The highest BCUT2D eigenvalue weighted by atomic mass is 28.2. The first-order valence-corrected chi connectivity index (χ1v) is 5.73. The third-order valence-electron chi connectivity index (χ3n) is 1.68. The maximum absolute atomic E-state index is 5.30. The Hall–Kier alpha value is 0.314. The quantitative estimate of drug-likeness (QED) is 0.418. The van der Waals surface area contributed by atoms with E-state index in [4.69, 9.17) is 8.85 Å². The van der Waals surface area contributed by atoms with Crippen molar-refractivity contribution in [1.82, 2.24) is 5.32 Å². The second-order valence-corrected chi connectivity index (χ2v) is 3.37. The lowest BCUT2D eigenvalue weighted by atomic mass is 10.3. The molecule has 0 aliphatic carbocycles.